The van der Waals surface area contributed by atoms with E-state index in [1.807, 2.05) is 13.8 Å². The first-order chi connectivity index (χ1) is 9.54. The van der Waals surface area contributed by atoms with Gasteiger partial charge >= 0.3 is 5.69 Å². The molecule has 1 rings (SSSR count). The van der Waals surface area contributed by atoms with Crippen LogP contribution in [0.2, 0.25) is 0 Å². The van der Waals surface area contributed by atoms with Gasteiger partial charge in [0, 0.05) is 19.6 Å². The second-order valence-electron chi connectivity index (χ2n) is 4.29. The standard InChI is InChI=1S/C12H21N5O3/c1-4-6-13-12-14-9(3)10(17(19)20)11(15-12)16(5-2)7-8-18/h18H,4-8H2,1-3H3,(H,13,14,15). The van der Waals surface area contributed by atoms with Crippen LogP contribution in [0.15, 0.2) is 0 Å². The summed E-state index contributed by atoms with van der Waals surface area (Å²) in [7, 11) is 0. The Morgan fingerprint density at radius 3 is 2.60 bits per heavy atom. The minimum atomic E-state index is -0.478. The molecule has 0 aliphatic carbocycles. The molecule has 1 aromatic rings. The second kappa shape index (κ2) is 7.59. The highest BCUT2D eigenvalue weighted by Gasteiger charge is 2.25. The number of likely N-dealkylation sites (N-methyl/N-ethyl adjacent to an activating group) is 1. The van der Waals surface area contributed by atoms with Crippen LogP contribution in [-0.4, -0.2) is 46.2 Å². The molecule has 0 spiro atoms. The van der Waals surface area contributed by atoms with Gasteiger partial charge in [0.2, 0.25) is 11.8 Å². The van der Waals surface area contributed by atoms with Crippen LogP contribution in [-0.2, 0) is 0 Å². The number of nitro groups is 1. The van der Waals surface area contributed by atoms with Crippen molar-refractivity contribution in [2.24, 2.45) is 0 Å². The van der Waals surface area contributed by atoms with Crippen molar-refractivity contribution >= 4 is 17.5 Å². The third-order valence-electron chi connectivity index (χ3n) is 2.81. The van der Waals surface area contributed by atoms with Crippen molar-refractivity contribution in [1.29, 1.82) is 0 Å². The molecule has 0 amide bonds. The lowest BCUT2D eigenvalue weighted by atomic mass is 10.3. The van der Waals surface area contributed by atoms with Crippen LogP contribution in [0.3, 0.4) is 0 Å². The van der Waals surface area contributed by atoms with Gasteiger partial charge in [-0.05, 0) is 20.3 Å². The van der Waals surface area contributed by atoms with Crippen LogP contribution in [0.5, 0.6) is 0 Å². The number of aromatic nitrogens is 2. The van der Waals surface area contributed by atoms with Crippen molar-refractivity contribution in [2.45, 2.75) is 27.2 Å². The number of aryl methyl sites for hydroxylation is 1. The number of hydrogen-bond donors (Lipinski definition) is 2. The van der Waals surface area contributed by atoms with Gasteiger partial charge in [-0.25, -0.2) is 4.98 Å². The fourth-order valence-electron chi connectivity index (χ4n) is 1.84. The van der Waals surface area contributed by atoms with E-state index in [9.17, 15) is 10.1 Å². The maximum absolute atomic E-state index is 11.2. The molecule has 8 nitrogen and oxygen atoms in total. The third-order valence-corrected chi connectivity index (χ3v) is 2.81. The predicted octanol–water partition coefficient (Wildman–Crippen LogP) is 1.33. The molecule has 1 aromatic heterocycles. The summed E-state index contributed by atoms with van der Waals surface area (Å²) in [6, 6.07) is 0. The summed E-state index contributed by atoms with van der Waals surface area (Å²) in [6.45, 7) is 6.88. The van der Waals surface area contributed by atoms with Crippen LogP contribution in [0.4, 0.5) is 17.5 Å². The van der Waals surface area contributed by atoms with E-state index in [4.69, 9.17) is 5.11 Å². The second-order valence-corrected chi connectivity index (χ2v) is 4.29. The molecule has 0 saturated heterocycles. The van der Waals surface area contributed by atoms with Gasteiger partial charge in [0.05, 0.1) is 11.5 Å². The van der Waals surface area contributed by atoms with Crippen LogP contribution in [0.25, 0.3) is 0 Å². The molecule has 112 valence electrons. The number of rotatable bonds is 8. The fourth-order valence-corrected chi connectivity index (χ4v) is 1.84. The third kappa shape index (κ3) is 3.77. The monoisotopic (exact) mass is 283 g/mol. The van der Waals surface area contributed by atoms with Gasteiger partial charge in [-0.3, -0.25) is 10.1 Å². The van der Waals surface area contributed by atoms with Crippen LogP contribution in [0, 0.1) is 17.0 Å². The first-order valence-corrected chi connectivity index (χ1v) is 6.67. The maximum Gasteiger partial charge on any atom is 0.332 e. The van der Waals surface area contributed by atoms with Crippen LogP contribution < -0.4 is 10.2 Å². The zero-order valence-corrected chi connectivity index (χ0v) is 12.1. The number of nitrogens with zero attached hydrogens (tertiary/aromatic N) is 4. The van der Waals surface area contributed by atoms with E-state index in [1.54, 1.807) is 11.8 Å². The Kier molecular flexibility index (Phi) is 6.10. The Morgan fingerprint density at radius 1 is 1.40 bits per heavy atom. The first-order valence-electron chi connectivity index (χ1n) is 6.67. The number of anilines is 2. The molecule has 0 unspecified atom stereocenters. The van der Waals surface area contributed by atoms with Crippen molar-refractivity contribution in [3.63, 3.8) is 0 Å². The van der Waals surface area contributed by atoms with Crippen LogP contribution >= 0.6 is 0 Å². The quantitative estimate of drug-likeness (QED) is 0.547. The molecule has 2 N–H and O–H groups in total. The molecule has 20 heavy (non-hydrogen) atoms. The smallest absolute Gasteiger partial charge is 0.332 e. The van der Waals surface area contributed by atoms with Gasteiger partial charge in [0.1, 0.15) is 5.69 Å². The summed E-state index contributed by atoms with van der Waals surface area (Å²) in [5.41, 5.74) is 0.206. The van der Waals surface area contributed by atoms with Crippen molar-refractivity contribution in [3.8, 4) is 0 Å². The number of hydrogen-bond acceptors (Lipinski definition) is 7. The molecule has 0 atom stereocenters. The fraction of sp³-hybridized carbons (Fsp3) is 0.667. The number of aliphatic hydroxyl groups excluding tert-OH is 1. The van der Waals surface area contributed by atoms with Gasteiger partial charge in [-0.1, -0.05) is 6.92 Å². The molecular formula is C12H21N5O3. The maximum atomic E-state index is 11.2. The Balaban J connectivity index is 3.26. The van der Waals surface area contributed by atoms with E-state index in [0.717, 1.165) is 6.42 Å². The Bertz CT molecular complexity index is 467. The molecule has 0 aromatic carbocycles. The molecular weight excluding hydrogens is 262 g/mol. The molecule has 0 radical (unpaired) electrons. The minimum Gasteiger partial charge on any atom is -0.395 e. The summed E-state index contributed by atoms with van der Waals surface area (Å²) >= 11 is 0. The van der Waals surface area contributed by atoms with Crippen molar-refractivity contribution in [3.05, 3.63) is 15.8 Å². The molecule has 0 aliphatic heterocycles. The van der Waals surface area contributed by atoms with E-state index in [0.29, 0.717) is 31.3 Å². The van der Waals surface area contributed by atoms with Crippen molar-refractivity contribution in [1.82, 2.24) is 9.97 Å². The zero-order valence-electron chi connectivity index (χ0n) is 12.1. The summed E-state index contributed by atoms with van der Waals surface area (Å²) in [5.74, 6) is 0.624. The number of nitrogens with one attached hydrogen (secondary N) is 1. The average Bonchev–Trinajstić information content (AvgIpc) is 2.41. The summed E-state index contributed by atoms with van der Waals surface area (Å²) < 4.78 is 0. The minimum absolute atomic E-state index is 0.0915. The molecule has 0 fully saturated rings. The lowest BCUT2D eigenvalue weighted by molar-refractivity contribution is -0.385. The summed E-state index contributed by atoms with van der Waals surface area (Å²) in [4.78, 5) is 20.8. The van der Waals surface area contributed by atoms with E-state index in [-0.39, 0.29) is 18.1 Å². The van der Waals surface area contributed by atoms with Gasteiger partial charge in [0.25, 0.3) is 0 Å². The normalized spacial score (nSPS) is 10.4. The van der Waals surface area contributed by atoms with Gasteiger partial charge in [0.15, 0.2) is 0 Å². The molecule has 0 saturated carbocycles. The van der Waals surface area contributed by atoms with Gasteiger partial charge in [-0.2, -0.15) is 4.98 Å². The van der Waals surface area contributed by atoms with Crippen LogP contribution in [0.1, 0.15) is 26.0 Å². The Hall–Kier alpha value is -1.96. The molecule has 8 heteroatoms. The number of aliphatic hydroxyl groups is 1. The summed E-state index contributed by atoms with van der Waals surface area (Å²) in [5, 5.41) is 23.3. The Labute approximate surface area is 118 Å². The first kappa shape index (κ1) is 16.1. The zero-order chi connectivity index (χ0) is 15.1. The van der Waals surface area contributed by atoms with E-state index in [2.05, 4.69) is 15.3 Å². The van der Waals surface area contributed by atoms with E-state index >= 15 is 0 Å². The molecule has 0 aliphatic rings. The highest BCUT2D eigenvalue weighted by molar-refractivity contribution is 5.62. The van der Waals surface area contributed by atoms with E-state index < -0.39 is 4.92 Å². The van der Waals surface area contributed by atoms with Gasteiger partial charge in [-0.15, -0.1) is 0 Å². The Morgan fingerprint density at radius 2 is 2.10 bits per heavy atom. The topological polar surface area (TPSA) is 104 Å². The van der Waals surface area contributed by atoms with Gasteiger partial charge < -0.3 is 15.3 Å². The summed E-state index contributed by atoms with van der Waals surface area (Å²) in [6.07, 6.45) is 0.906. The lowest BCUT2D eigenvalue weighted by Crippen LogP contribution is -2.28. The van der Waals surface area contributed by atoms with E-state index in [1.165, 1.54) is 0 Å². The highest BCUT2D eigenvalue weighted by Crippen LogP contribution is 2.29. The highest BCUT2D eigenvalue weighted by atomic mass is 16.6. The lowest BCUT2D eigenvalue weighted by Gasteiger charge is -2.21. The SMILES string of the molecule is CCCNc1nc(C)c([N+](=O)[O-])c(N(CC)CCO)n1. The largest absolute Gasteiger partial charge is 0.395 e. The average molecular weight is 283 g/mol. The predicted molar refractivity (Wildman–Crippen MR) is 77.2 cm³/mol. The molecule has 1 heterocycles. The van der Waals surface area contributed by atoms with Crippen molar-refractivity contribution in [2.75, 3.05) is 36.5 Å². The molecule has 0 bridgehead atoms. The van der Waals surface area contributed by atoms with Crippen molar-refractivity contribution < 1.29 is 10.0 Å².